The Balaban J connectivity index is 1.31. The summed E-state index contributed by atoms with van der Waals surface area (Å²) in [5, 5.41) is 13.3. The molecule has 0 aliphatic carbocycles. The Morgan fingerprint density at radius 2 is 1.97 bits per heavy atom. The molecule has 1 amide bonds. The third kappa shape index (κ3) is 3.09. The Hall–Kier alpha value is -3.07. The highest BCUT2D eigenvalue weighted by atomic mass is 32.1. The van der Waals surface area contributed by atoms with E-state index >= 15 is 0 Å². The topological polar surface area (TPSA) is 79.5 Å². The standard InChI is InChI=1S/C21H23N7OS/c1-21(2,3)20-24-23-17-7-8-18(25-28(17)20)27-10-14(11-27)26(4)19(29)13-5-6-15-16(9-13)30-12-22-15/h5-9,12,14H,10-11H2,1-4H3. The van der Waals surface area contributed by atoms with Gasteiger partial charge in [-0.25, -0.2) is 4.98 Å². The van der Waals surface area contributed by atoms with Crippen molar-refractivity contribution in [2.75, 3.05) is 25.0 Å². The zero-order valence-corrected chi connectivity index (χ0v) is 18.2. The minimum absolute atomic E-state index is 0.0344. The molecule has 0 saturated carbocycles. The molecule has 154 valence electrons. The van der Waals surface area contributed by atoms with Crippen molar-refractivity contribution in [2.45, 2.75) is 32.2 Å². The van der Waals surface area contributed by atoms with E-state index in [0.29, 0.717) is 5.56 Å². The number of fused-ring (bicyclic) bond motifs is 2. The number of likely N-dealkylation sites (N-methyl/N-ethyl adjacent to an activating group) is 1. The van der Waals surface area contributed by atoms with Crippen LogP contribution in [0.15, 0.2) is 35.8 Å². The molecule has 1 fully saturated rings. The molecule has 9 heteroatoms. The van der Waals surface area contributed by atoms with Crippen LogP contribution < -0.4 is 4.90 Å². The van der Waals surface area contributed by atoms with Crippen molar-refractivity contribution in [1.82, 2.24) is 29.7 Å². The number of thiazole rings is 1. The predicted octanol–water partition coefficient (Wildman–Crippen LogP) is 2.99. The summed E-state index contributed by atoms with van der Waals surface area (Å²) in [5.41, 5.74) is 4.03. The molecule has 4 aromatic rings. The average molecular weight is 422 g/mol. The van der Waals surface area contributed by atoms with Crippen LogP contribution in [-0.4, -0.2) is 61.8 Å². The number of rotatable bonds is 3. The van der Waals surface area contributed by atoms with Gasteiger partial charge in [0.1, 0.15) is 5.82 Å². The summed E-state index contributed by atoms with van der Waals surface area (Å²) >= 11 is 1.55. The van der Waals surface area contributed by atoms with E-state index < -0.39 is 0 Å². The number of nitrogens with zero attached hydrogens (tertiary/aromatic N) is 7. The lowest BCUT2D eigenvalue weighted by Gasteiger charge is -2.44. The highest BCUT2D eigenvalue weighted by Gasteiger charge is 2.34. The quantitative estimate of drug-likeness (QED) is 0.506. The number of hydrogen-bond donors (Lipinski definition) is 0. The zero-order valence-electron chi connectivity index (χ0n) is 17.4. The molecule has 0 atom stereocenters. The van der Waals surface area contributed by atoms with E-state index in [0.717, 1.165) is 40.6 Å². The highest BCUT2D eigenvalue weighted by Crippen LogP contribution is 2.26. The fourth-order valence-corrected chi connectivity index (χ4v) is 4.38. The lowest BCUT2D eigenvalue weighted by atomic mass is 9.96. The molecular formula is C21H23N7OS. The van der Waals surface area contributed by atoms with Crippen LogP contribution in [0, 0.1) is 0 Å². The summed E-state index contributed by atoms with van der Waals surface area (Å²) < 4.78 is 2.85. The Morgan fingerprint density at radius 3 is 2.73 bits per heavy atom. The van der Waals surface area contributed by atoms with Gasteiger partial charge in [-0.1, -0.05) is 20.8 Å². The summed E-state index contributed by atoms with van der Waals surface area (Å²) in [5.74, 6) is 1.74. The fraction of sp³-hybridized carbons (Fsp3) is 0.381. The van der Waals surface area contributed by atoms with Crippen molar-refractivity contribution < 1.29 is 4.79 Å². The smallest absolute Gasteiger partial charge is 0.254 e. The van der Waals surface area contributed by atoms with Crippen molar-refractivity contribution in [2.24, 2.45) is 0 Å². The minimum Gasteiger partial charge on any atom is -0.351 e. The molecule has 30 heavy (non-hydrogen) atoms. The summed E-state index contributed by atoms with van der Waals surface area (Å²) in [6.07, 6.45) is 0. The van der Waals surface area contributed by atoms with E-state index in [9.17, 15) is 4.79 Å². The van der Waals surface area contributed by atoms with Gasteiger partial charge in [0, 0.05) is 31.1 Å². The van der Waals surface area contributed by atoms with E-state index in [1.54, 1.807) is 16.8 Å². The van der Waals surface area contributed by atoms with Crippen LogP contribution in [0.25, 0.3) is 15.9 Å². The lowest BCUT2D eigenvalue weighted by Crippen LogP contribution is -2.60. The van der Waals surface area contributed by atoms with Gasteiger partial charge in [0.15, 0.2) is 11.5 Å². The van der Waals surface area contributed by atoms with Crippen LogP contribution in [0.1, 0.15) is 37.0 Å². The second-order valence-electron chi connectivity index (χ2n) is 8.74. The fourth-order valence-electron chi connectivity index (χ4n) is 3.66. The van der Waals surface area contributed by atoms with Crippen LogP contribution in [0.2, 0.25) is 0 Å². The molecule has 1 aliphatic heterocycles. The third-order valence-corrected chi connectivity index (χ3v) is 6.34. The molecule has 8 nitrogen and oxygen atoms in total. The first kappa shape index (κ1) is 18.9. The zero-order chi connectivity index (χ0) is 21.0. The second-order valence-corrected chi connectivity index (χ2v) is 9.63. The van der Waals surface area contributed by atoms with Crippen molar-refractivity contribution in [3.63, 3.8) is 0 Å². The maximum Gasteiger partial charge on any atom is 0.254 e. The number of aromatic nitrogens is 5. The van der Waals surface area contributed by atoms with E-state index in [4.69, 9.17) is 5.10 Å². The normalized spacial score (nSPS) is 15.0. The Labute approximate surface area is 178 Å². The van der Waals surface area contributed by atoms with Gasteiger partial charge < -0.3 is 9.80 Å². The molecule has 0 spiro atoms. The van der Waals surface area contributed by atoms with Crippen molar-refractivity contribution in [3.8, 4) is 0 Å². The first-order chi connectivity index (χ1) is 14.3. The predicted molar refractivity (Wildman–Crippen MR) is 117 cm³/mol. The maximum atomic E-state index is 12.9. The van der Waals surface area contributed by atoms with E-state index in [1.807, 2.05) is 46.8 Å². The average Bonchev–Trinajstić information content (AvgIpc) is 3.31. The van der Waals surface area contributed by atoms with Crippen LogP contribution in [0.4, 0.5) is 5.82 Å². The van der Waals surface area contributed by atoms with Gasteiger partial charge in [0.2, 0.25) is 0 Å². The number of carbonyl (C=O) groups is 1. The van der Waals surface area contributed by atoms with Crippen LogP contribution >= 0.6 is 11.3 Å². The lowest BCUT2D eigenvalue weighted by molar-refractivity contribution is 0.0705. The van der Waals surface area contributed by atoms with Gasteiger partial charge in [-0.05, 0) is 30.3 Å². The molecule has 5 rings (SSSR count). The molecule has 1 aliphatic rings. The second kappa shape index (κ2) is 6.73. The number of amides is 1. The molecule has 4 heterocycles. The van der Waals surface area contributed by atoms with Gasteiger partial charge in [-0.15, -0.1) is 26.6 Å². The summed E-state index contributed by atoms with van der Waals surface area (Å²) in [7, 11) is 1.87. The Morgan fingerprint density at radius 1 is 1.17 bits per heavy atom. The first-order valence-electron chi connectivity index (χ1n) is 9.89. The van der Waals surface area contributed by atoms with Gasteiger partial charge >= 0.3 is 0 Å². The van der Waals surface area contributed by atoms with E-state index in [2.05, 4.69) is 40.9 Å². The molecule has 0 unspecified atom stereocenters. The van der Waals surface area contributed by atoms with Gasteiger partial charge in [0.25, 0.3) is 5.91 Å². The van der Waals surface area contributed by atoms with E-state index in [-0.39, 0.29) is 17.4 Å². The molecular weight excluding hydrogens is 398 g/mol. The van der Waals surface area contributed by atoms with Gasteiger partial charge in [-0.2, -0.15) is 4.52 Å². The first-order valence-corrected chi connectivity index (χ1v) is 10.8. The largest absolute Gasteiger partial charge is 0.351 e. The summed E-state index contributed by atoms with van der Waals surface area (Å²) in [6.45, 7) is 7.79. The SMILES string of the molecule is CN(C(=O)c1ccc2ncsc2c1)C1CN(c2ccc3nnc(C(C)(C)C)n3n2)C1. The van der Waals surface area contributed by atoms with Crippen molar-refractivity contribution in [1.29, 1.82) is 0 Å². The molecule has 0 bridgehead atoms. The van der Waals surface area contributed by atoms with Gasteiger partial charge in [-0.3, -0.25) is 4.79 Å². The summed E-state index contributed by atoms with van der Waals surface area (Å²) in [4.78, 5) is 21.2. The Kier molecular flexibility index (Phi) is 4.25. The molecule has 0 N–H and O–H groups in total. The molecule has 3 aromatic heterocycles. The maximum absolute atomic E-state index is 12.9. The van der Waals surface area contributed by atoms with E-state index in [1.165, 1.54) is 0 Å². The molecule has 1 aromatic carbocycles. The Bertz CT molecular complexity index is 1250. The number of anilines is 1. The molecule has 1 saturated heterocycles. The van der Waals surface area contributed by atoms with Crippen molar-refractivity contribution in [3.05, 3.63) is 47.2 Å². The number of benzene rings is 1. The highest BCUT2D eigenvalue weighted by molar-refractivity contribution is 7.16. The monoisotopic (exact) mass is 421 g/mol. The van der Waals surface area contributed by atoms with Crippen LogP contribution in [0.3, 0.4) is 0 Å². The van der Waals surface area contributed by atoms with Crippen LogP contribution in [0.5, 0.6) is 0 Å². The van der Waals surface area contributed by atoms with Gasteiger partial charge in [0.05, 0.1) is 21.8 Å². The minimum atomic E-state index is -0.144. The van der Waals surface area contributed by atoms with Crippen molar-refractivity contribution >= 4 is 38.9 Å². The number of hydrogen-bond acceptors (Lipinski definition) is 7. The summed E-state index contributed by atoms with van der Waals surface area (Å²) in [6, 6.07) is 9.74. The molecule has 0 radical (unpaired) electrons. The third-order valence-electron chi connectivity index (χ3n) is 5.55. The van der Waals surface area contributed by atoms with Crippen LogP contribution in [-0.2, 0) is 5.41 Å². The number of carbonyl (C=O) groups excluding carboxylic acids is 1.